The lowest BCUT2D eigenvalue weighted by atomic mass is 10.2. The van der Waals surface area contributed by atoms with E-state index >= 15 is 0 Å². The van der Waals surface area contributed by atoms with Gasteiger partial charge < -0.3 is 4.90 Å². The summed E-state index contributed by atoms with van der Waals surface area (Å²) in [4.78, 5) is 6.42. The van der Waals surface area contributed by atoms with Crippen LogP contribution in [0.2, 0.25) is 0 Å². The van der Waals surface area contributed by atoms with Gasteiger partial charge in [-0.15, -0.1) is 11.3 Å². The van der Waals surface area contributed by atoms with Crippen LogP contribution in [0.25, 0.3) is 0 Å². The van der Waals surface area contributed by atoms with Crippen molar-refractivity contribution in [3.63, 3.8) is 0 Å². The number of piperazine rings is 1. The first-order valence-corrected chi connectivity index (χ1v) is 9.71. The van der Waals surface area contributed by atoms with Crippen LogP contribution in [0, 0.1) is 6.92 Å². The van der Waals surface area contributed by atoms with Crippen LogP contribution in [0.4, 0.5) is 5.13 Å². The summed E-state index contributed by atoms with van der Waals surface area (Å²) in [6.07, 6.45) is 1.78. The van der Waals surface area contributed by atoms with Crippen molar-refractivity contribution in [1.82, 2.24) is 9.29 Å². The van der Waals surface area contributed by atoms with Gasteiger partial charge in [-0.3, -0.25) is 0 Å². The van der Waals surface area contributed by atoms with Crippen LogP contribution in [0.1, 0.15) is 11.1 Å². The Kier molecular flexibility index (Phi) is 4.46. The summed E-state index contributed by atoms with van der Waals surface area (Å²) in [7, 11) is -3.26. The number of aryl methyl sites for hydroxylation is 1. The average Bonchev–Trinajstić information content (AvgIpc) is 3.01. The van der Waals surface area contributed by atoms with Gasteiger partial charge in [0.15, 0.2) is 5.13 Å². The van der Waals surface area contributed by atoms with Gasteiger partial charge in [0.1, 0.15) is 0 Å². The zero-order valence-electron chi connectivity index (χ0n) is 12.5. The number of thiazole rings is 1. The van der Waals surface area contributed by atoms with Crippen molar-refractivity contribution in [2.24, 2.45) is 0 Å². The molecule has 1 aromatic heterocycles. The molecule has 0 bridgehead atoms. The summed E-state index contributed by atoms with van der Waals surface area (Å²) >= 11 is 1.59. The molecule has 1 fully saturated rings. The van der Waals surface area contributed by atoms with Crippen LogP contribution < -0.4 is 4.90 Å². The Labute approximate surface area is 135 Å². The maximum absolute atomic E-state index is 12.6. The maximum Gasteiger partial charge on any atom is 0.218 e. The van der Waals surface area contributed by atoms with Gasteiger partial charge in [0.05, 0.1) is 5.75 Å². The second-order valence-electron chi connectivity index (χ2n) is 5.45. The highest BCUT2D eigenvalue weighted by molar-refractivity contribution is 7.88. The molecule has 1 aromatic carbocycles. The van der Waals surface area contributed by atoms with E-state index in [1.807, 2.05) is 36.6 Å². The second kappa shape index (κ2) is 6.36. The zero-order chi connectivity index (χ0) is 15.6. The van der Waals surface area contributed by atoms with E-state index in [9.17, 15) is 8.42 Å². The van der Waals surface area contributed by atoms with Crippen molar-refractivity contribution in [2.45, 2.75) is 12.7 Å². The monoisotopic (exact) mass is 337 g/mol. The van der Waals surface area contributed by atoms with E-state index in [1.165, 1.54) is 0 Å². The first kappa shape index (κ1) is 15.5. The minimum Gasteiger partial charge on any atom is -0.345 e. The second-order valence-corrected chi connectivity index (χ2v) is 8.29. The van der Waals surface area contributed by atoms with Crippen molar-refractivity contribution >= 4 is 26.5 Å². The van der Waals surface area contributed by atoms with Crippen molar-refractivity contribution in [1.29, 1.82) is 0 Å². The number of hydrogen-bond acceptors (Lipinski definition) is 5. The normalized spacial score (nSPS) is 16.9. The molecule has 22 heavy (non-hydrogen) atoms. The fourth-order valence-corrected chi connectivity index (χ4v) is 4.83. The van der Waals surface area contributed by atoms with Crippen LogP contribution in [-0.2, 0) is 15.8 Å². The van der Waals surface area contributed by atoms with Crippen LogP contribution in [0.5, 0.6) is 0 Å². The highest BCUT2D eigenvalue weighted by atomic mass is 32.2. The van der Waals surface area contributed by atoms with E-state index in [2.05, 4.69) is 9.88 Å². The van der Waals surface area contributed by atoms with Crippen LogP contribution in [-0.4, -0.2) is 43.9 Å². The van der Waals surface area contributed by atoms with Crippen LogP contribution in [0.15, 0.2) is 35.8 Å². The predicted octanol–water partition coefficient (Wildman–Crippen LogP) is 2.10. The lowest BCUT2D eigenvalue weighted by molar-refractivity contribution is 0.384. The number of benzene rings is 1. The van der Waals surface area contributed by atoms with Crippen LogP contribution >= 0.6 is 11.3 Å². The van der Waals surface area contributed by atoms with Crippen molar-refractivity contribution in [3.8, 4) is 0 Å². The Morgan fingerprint density at radius 1 is 1.23 bits per heavy atom. The van der Waals surface area contributed by atoms with Crippen molar-refractivity contribution < 1.29 is 8.42 Å². The lowest BCUT2D eigenvalue weighted by Gasteiger charge is -2.33. The molecule has 118 valence electrons. The molecule has 7 heteroatoms. The number of rotatable bonds is 4. The van der Waals surface area contributed by atoms with Gasteiger partial charge in [-0.25, -0.2) is 13.4 Å². The molecule has 0 saturated carbocycles. The summed E-state index contributed by atoms with van der Waals surface area (Å²) < 4.78 is 26.7. The molecule has 1 aliphatic heterocycles. The Bertz CT molecular complexity index is 721. The Hall–Kier alpha value is -1.44. The molecule has 5 nitrogen and oxygen atoms in total. The first-order valence-electron chi connectivity index (χ1n) is 7.22. The summed E-state index contributed by atoms with van der Waals surface area (Å²) in [5.41, 5.74) is 1.93. The van der Waals surface area contributed by atoms with E-state index < -0.39 is 10.0 Å². The summed E-state index contributed by atoms with van der Waals surface area (Å²) in [5, 5.41) is 2.91. The van der Waals surface area contributed by atoms with Gasteiger partial charge in [-0.1, -0.05) is 29.8 Å². The fourth-order valence-electron chi connectivity index (χ4n) is 2.63. The van der Waals surface area contributed by atoms with Gasteiger partial charge in [0.2, 0.25) is 10.0 Å². The molecule has 2 heterocycles. The fraction of sp³-hybridized carbons (Fsp3) is 0.400. The molecule has 0 atom stereocenters. The molecule has 0 radical (unpaired) electrons. The Balaban J connectivity index is 1.64. The van der Waals surface area contributed by atoms with E-state index in [-0.39, 0.29) is 5.75 Å². The topological polar surface area (TPSA) is 53.5 Å². The Morgan fingerprint density at radius 3 is 2.64 bits per heavy atom. The standard InChI is InChI=1S/C15H19N3O2S2/c1-13-3-2-4-14(11-13)12-22(19,20)18-8-6-17(7-9-18)15-16-5-10-21-15/h2-5,10-11H,6-9,12H2,1H3. The molecule has 0 amide bonds. The average molecular weight is 337 g/mol. The van der Waals surface area contributed by atoms with E-state index in [0.717, 1.165) is 16.3 Å². The smallest absolute Gasteiger partial charge is 0.218 e. The van der Waals surface area contributed by atoms with Crippen molar-refractivity contribution in [3.05, 3.63) is 47.0 Å². The van der Waals surface area contributed by atoms with Gasteiger partial charge in [0.25, 0.3) is 0 Å². The number of hydrogen-bond donors (Lipinski definition) is 0. The molecule has 3 rings (SSSR count). The number of anilines is 1. The van der Waals surface area contributed by atoms with Gasteiger partial charge in [0, 0.05) is 37.8 Å². The largest absolute Gasteiger partial charge is 0.345 e. The number of aromatic nitrogens is 1. The summed E-state index contributed by atoms with van der Waals surface area (Å²) in [5.74, 6) is 0.0753. The third kappa shape index (κ3) is 3.48. The quantitative estimate of drug-likeness (QED) is 0.857. The predicted molar refractivity (Wildman–Crippen MR) is 89.7 cm³/mol. The molecular weight excluding hydrogens is 318 g/mol. The van der Waals surface area contributed by atoms with E-state index in [4.69, 9.17) is 0 Å². The molecule has 1 aliphatic rings. The van der Waals surface area contributed by atoms with E-state index in [0.29, 0.717) is 26.2 Å². The molecule has 0 spiro atoms. The SMILES string of the molecule is Cc1cccc(CS(=O)(=O)N2CCN(c3nccs3)CC2)c1. The third-order valence-electron chi connectivity index (χ3n) is 3.75. The molecule has 0 aliphatic carbocycles. The minimum atomic E-state index is -3.26. The van der Waals surface area contributed by atoms with Crippen LogP contribution in [0.3, 0.4) is 0 Å². The van der Waals surface area contributed by atoms with E-state index in [1.54, 1.807) is 21.8 Å². The van der Waals surface area contributed by atoms with Gasteiger partial charge >= 0.3 is 0 Å². The zero-order valence-corrected chi connectivity index (χ0v) is 14.1. The highest BCUT2D eigenvalue weighted by Crippen LogP contribution is 2.21. The molecule has 2 aromatic rings. The summed E-state index contributed by atoms with van der Waals surface area (Å²) in [6, 6.07) is 7.68. The Morgan fingerprint density at radius 2 is 2.00 bits per heavy atom. The maximum atomic E-state index is 12.6. The molecular formula is C15H19N3O2S2. The molecule has 1 saturated heterocycles. The van der Waals surface area contributed by atoms with Crippen molar-refractivity contribution in [2.75, 3.05) is 31.1 Å². The third-order valence-corrected chi connectivity index (χ3v) is 6.44. The lowest BCUT2D eigenvalue weighted by Crippen LogP contribution is -2.49. The highest BCUT2D eigenvalue weighted by Gasteiger charge is 2.27. The van der Waals surface area contributed by atoms with Gasteiger partial charge in [-0.2, -0.15) is 4.31 Å². The van der Waals surface area contributed by atoms with Gasteiger partial charge in [-0.05, 0) is 12.5 Å². The molecule has 0 unspecified atom stereocenters. The number of nitrogens with zero attached hydrogens (tertiary/aromatic N) is 3. The molecule has 0 N–H and O–H groups in total. The number of sulfonamides is 1. The summed E-state index contributed by atoms with van der Waals surface area (Å²) in [6.45, 7) is 4.41. The first-order chi connectivity index (χ1) is 10.5. The minimum absolute atomic E-state index is 0.0753.